The Morgan fingerprint density at radius 1 is 1.18 bits per heavy atom. The molecule has 2 aromatic rings. The molecule has 0 fully saturated rings. The lowest BCUT2D eigenvalue weighted by Crippen LogP contribution is -2.32. The molecule has 0 aliphatic rings. The molecule has 0 radical (unpaired) electrons. The van der Waals surface area contributed by atoms with Crippen LogP contribution in [0.2, 0.25) is 5.02 Å². The van der Waals surface area contributed by atoms with Crippen LogP contribution < -0.4 is 4.90 Å². The van der Waals surface area contributed by atoms with Crippen molar-refractivity contribution < 1.29 is 4.79 Å². The van der Waals surface area contributed by atoms with Gasteiger partial charge in [0.2, 0.25) is 5.91 Å². The number of hydrogen-bond donors (Lipinski definition) is 0. The zero-order chi connectivity index (χ0) is 15.4. The van der Waals surface area contributed by atoms with E-state index >= 15 is 0 Å². The number of amides is 1. The van der Waals surface area contributed by atoms with E-state index in [-0.39, 0.29) is 25.3 Å². The fourth-order valence-corrected chi connectivity index (χ4v) is 2.47. The zero-order valence-corrected chi connectivity index (χ0v) is 14.9. The third-order valence-electron chi connectivity index (χ3n) is 3.67. The lowest BCUT2D eigenvalue weighted by molar-refractivity contribution is -0.121. The van der Waals surface area contributed by atoms with Crippen LogP contribution in [0.3, 0.4) is 0 Å². The number of nitrogens with zero attached hydrogens (tertiary/aromatic N) is 1. The Morgan fingerprint density at radius 3 is 2.41 bits per heavy atom. The number of anilines is 1. The number of carbonyl (C=O) groups excluding carboxylic acids is 1. The highest BCUT2D eigenvalue weighted by atomic mass is 35.5. The summed E-state index contributed by atoms with van der Waals surface area (Å²) in [5.74, 6) is 0.0500. The second kappa shape index (κ2) is 8.25. The molecule has 0 spiro atoms. The fourth-order valence-electron chi connectivity index (χ4n) is 2.35. The van der Waals surface area contributed by atoms with Gasteiger partial charge in [-0.3, -0.25) is 4.79 Å². The van der Waals surface area contributed by atoms with E-state index in [0.717, 1.165) is 22.7 Å². The molecule has 1 amide bonds. The predicted molar refractivity (Wildman–Crippen MR) is 99.3 cm³/mol. The molecule has 0 saturated heterocycles. The van der Waals surface area contributed by atoms with Crippen LogP contribution in [-0.2, 0) is 11.2 Å². The standard InChI is InChI=1S/C18H20ClNO.H2S/c1-13-12-16(9-10-17(13)19)20(3)18(21)14(2)11-15-7-5-4-6-8-15;/h4-10,12,14H,11H2,1-3H3;1H2/t14-;/m0./s1. The minimum atomic E-state index is -0.0617. The van der Waals surface area contributed by atoms with Crippen molar-refractivity contribution in [3.05, 3.63) is 64.7 Å². The Hall–Kier alpha value is -1.45. The van der Waals surface area contributed by atoms with Gasteiger partial charge < -0.3 is 4.90 Å². The summed E-state index contributed by atoms with van der Waals surface area (Å²) in [7, 11) is 1.81. The fraction of sp³-hybridized carbons (Fsp3) is 0.278. The molecule has 0 aromatic heterocycles. The van der Waals surface area contributed by atoms with Crippen molar-refractivity contribution in [2.75, 3.05) is 11.9 Å². The smallest absolute Gasteiger partial charge is 0.229 e. The van der Waals surface area contributed by atoms with Crippen molar-refractivity contribution in [2.45, 2.75) is 20.3 Å². The highest BCUT2D eigenvalue weighted by Crippen LogP contribution is 2.23. The minimum absolute atomic E-state index is 0. The van der Waals surface area contributed by atoms with E-state index in [1.165, 1.54) is 5.56 Å². The van der Waals surface area contributed by atoms with Gasteiger partial charge in [-0.05, 0) is 42.7 Å². The normalized spacial score (nSPS) is 11.5. The van der Waals surface area contributed by atoms with Gasteiger partial charge in [-0.25, -0.2) is 0 Å². The third-order valence-corrected chi connectivity index (χ3v) is 4.09. The van der Waals surface area contributed by atoms with Crippen LogP contribution in [0.25, 0.3) is 0 Å². The molecule has 2 nitrogen and oxygen atoms in total. The average molecular weight is 336 g/mol. The number of halogens is 1. The highest BCUT2D eigenvalue weighted by Gasteiger charge is 2.19. The van der Waals surface area contributed by atoms with Gasteiger partial charge in [0, 0.05) is 23.7 Å². The van der Waals surface area contributed by atoms with Crippen molar-refractivity contribution >= 4 is 36.7 Å². The van der Waals surface area contributed by atoms with E-state index in [9.17, 15) is 4.79 Å². The number of hydrogen-bond acceptors (Lipinski definition) is 1. The zero-order valence-electron chi connectivity index (χ0n) is 13.1. The molecule has 2 aromatic carbocycles. The van der Waals surface area contributed by atoms with Crippen LogP contribution in [0.5, 0.6) is 0 Å². The van der Waals surface area contributed by atoms with Crippen LogP contribution in [-0.4, -0.2) is 13.0 Å². The van der Waals surface area contributed by atoms with Crippen molar-refractivity contribution in [3.8, 4) is 0 Å². The Labute approximate surface area is 144 Å². The molecule has 4 heteroatoms. The van der Waals surface area contributed by atoms with E-state index in [1.807, 2.05) is 57.3 Å². The van der Waals surface area contributed by atoms with Gasteiger partial charge in [0.25, 0.3) is 0 Å². The van der Waals surface area contributed by atoms with Crippen molar-refractivity contribution in [3.63, 3.8) is 0 Å². The van der Waals surface area contributed by atoms with Gasteiger partial charge in [0.05, 0.1) is 0 Å². The quantitative estimate of drug-likeness (QED) is 0.799. The van der Waals surface area contributed by atoms with Crippen LogP contribution in [0.1, 0.15) is 18.1 Å². The summed E-state index contributed by atoms with van der Waals surface area (Å²) >= 11 is 6.03. The lowest BCUT2D eigenvalue weighted by Gasteiger charge is -2.22. The van der Waals surface area contributed by atoms with Crippen LogP contribution in [0.4, 0.5) is 5.69 Å². The molecule has 2 rings (SSSR count). The van der Waals surface area contributed by atoms with Crippen molar-refractivity contribution in [1.29, 1.82) is 0 Å². The molecular weight excluding hydrogens is 314 g/mol. The summed E-state index contributed by atoms with van der Waals surface area (Å²) in [6.07, 6.45) is 0.747. The van der Waals surface area contributed by atoms with Crippen LogP contribution in [0, 0.1) is 12.8 Å². The minimum Gasteiger partial charge on any atom is -0.315 e. The maximum atomic E-state index is 12.5. The van der Waals surface area contributed by atoms with E-state index < -0.39 is 0 Å². The van der Waals surface area contributed by atoms with Crippen molar-refractivity contribution in [1.82, 2.24) is 0 Å². The molecule has 1 atom stereocenters. The highest BCUT2D eigenvalue weighted by molar-refractivity contribution is 7.59. The summed E-state index contributed by atoms with van der Waals surface area (Å²) in [4.78, 5) is 14.2. The van der Waals surface area contributed by atoms with Gasteiger partial charge in [0.15, 0.2) is 0 Å². The number of aryl methyl sites for hydroxylation is 1. The Morgan fingerprint density at radius 2 is 1.82 bits per heavy atom. The summed E-state index contributed by atoms with van der Waals surface area (Å²) < 4.78 is 0. The number of carbonyl (C=O) groups is 1. The first kappa shape index (κ1) is 18.6. The molecular formula is C18H22ClNOS. The molecule has 22 heavy (non-hydrogen) atoms. The first-order valence-electron chi connectivity index (χ1n) is 7.06. The van der Waals surface area contributed by atoms with E-state index in [4.69, 9.17) is 11.6 Å². The van der Waals surface area contributed by atoms with Crippen LogP contribution >= 0.6 is 25.1 Å². The lowest BCUT2D eigenvalue weighted by atomic mass is 9.99. The predicted octanol–water partition coefficient (Wildman–Crippen LogP) is 4.60. The third kappa shape index (κ3) is 4.52. The van der Waals surface area contributed by atoms with Gasteiger partial charge in [-0.2, -0.15) is 13.5 Å². The topological polar surface area (TPSA) is 20.3 Å². The molecule has 0 bridgehead atoms. The molecule has 0 heterocycles. The SMILES string of the molecule is Cc1cc(N(C)C(=O)[C@@H](C)Cc2ccccc2)ccc1Cl.S. The maximum Gasteiger partial charge on any atom is 0.229 e. The first-order valence-corrected chi connectivity index (χ1v) is 7.44. The average Bonchev–Trinajstić information content (AvgIpc) is 2.49. The molecule has 118 valence electrons. The van der Waals surface area contributed by atoms with Gasteiger partial charge in [0.1, 0.15) is 0 Å². The van der Waals surface area contributed by atoms with Gasteiger partial charge >= 0.3 is 0 Å². The second-order valence-corrected chi connectivity index (χ2v) is 5.83. The van der Waals surface area contributed by atoms with E-state index in [1.54, 1.807) is 4.90 Å². The molecule has 0 N–H and O–H groups in total. The number of rotatable bonds is 4. The first-order chi connectivity index (χ1) is 9.99. The maximum absolute atomic E-state index is 12.5. The van der Waals surface area contributed by atoms with E-state index in [2.05, 4.69) is 12.1 Å². The summed E-state index contributed by atoms with van der Waals surface area (Å²) in [6, 6.07) is 15.7. The number of benzene rings is 2. The molecule has 0 saturated carbocycles. The summed E-state index contributed by atoms with van der Waals surface area (Å²) in [5, 5.41) is 0.719. The van der Waals surface area contributed by atoms with Gasteiger partial charge in [-0.15, -0.1) is 0 Å². The second-order valence-electron chi connectivity index (χ2n) is 5.42. The molecule has 0 aliphatic carbocycles. The largest absolute Gasteiger partial charge is 0.315 e. The Bertz CT molecular complexity index is 630. The Balaban J connectivity index is 0.00000242. The monoisotopic (exact) mass is 335 g/mol. The Kier molecular flexibility index (Phi) is 6.98. The van der Waals surface area contributed by atoms with E-state index in [0.29, 0.717) is 0 Å². The van der Waals surface area contributed by atoms with Gasteiger partial charge in [-0.1, -0.05) is 48.9 Å². The summed E-state index contributed by atoms with van der Waals surface area (Å²) in [6.45, 7) is 3.91. The molecule has 0 unspecified atom stereocenters. The molecule has 0 aliphatic heterocycles. The van der Waals surface area contributed by atoms with Crippen molar-refractivity contribution in [2.24, 2.45) is 5.92 Å². The summed E-state index contributed by atoms with van der Waals surface area (Å²) in [5.41, 5.74) is 3.03. The van der Waals surface area contributed by atoms with Crippen LogP contribution in [0.15, 0.2) is 48.5 Å².